The molecule has 17 heavy (non-hydrogen) atoms. The molecule has 0 aromatic carbocycles. The summed E-state index contributed by atoms with van der Waals surface area (Å²) in [7, 11) is 0. The molecule has 4 rings (SSSR count). The van der Waals surface area contributed by atoms with Gasteiger partial charge in [0.05, 0.1) is 0 Å². The maximum Gasteiger partial charge on any atom is 0.0351 e. The molecule has 1 saturated carbocycles. The second kappa shape index (κ2) is 3.88. The number of piperidine rings is 1. The van der Waals surface area contributed by atoms with Crippen LogP contribution < -0.4 is 10.6 Å². The molecule has 2 heteroatoms. The molecular weight excluding hydrogens is 208 g/mol. The van der Waals surface area contributed by atoms with Crippen molar-refractivity contribution >= 4 is 0 Å². The molecule has 2 aliphatic heterocycles. The highest BCUT2D eigenvalue weighted by molar-refractivity contribution is 5.39. The van der Waals surface area contributed by atoms with Gasteiger partial charge in [0.2, 0.25) is 0 Å². The van der Waals surface area contributed by atoms with Crippen molar-refractivity contribution in [3.05, 3.63) is 23.4 Å². The fourth-order valence-corrected chi connectivity index (χ4v) is 4.46. The van der Waals surface area contributed by atoms with Gasteiger partial charge in [-0.25, -0.2) is 0 Å². The third kappa shape index (κ3) is 1.50. The molecule has 2 N–H and O–H groups in total. The minimum atomic E-state index is 0.728. The van der Waals surface area contributed by atoms with E-state index in [9.17, 15) is 0 Å². The second-order valence-corrected chi connectivity index (χ2v) is 6.13. The summed E-state index contributed by atoms with van der Waals surface area (Å²) in [4.78, 5) is 0. The normalized spacial score (nSPS) is 43.8. The molecular formula is C15H22N2. The average molecular weight is 230 g/mol. The maximum absolute atomic E-state index is 3.78. The fraction of sp³-hybridized carbons (Fsp3) is 0.733. The number of hydrogen-bond acceptors (Lipinski definition) is 2. The van der Waals surface area contributed by atoms with E-state index in [4.69, 9.17) is 0 Å². The predicted molar refractivity (Wildman–Crippen MR) is 69.5 cm³/mol. The Morgan fingerprint density at radius 3 is 3.00 bits per heavy atom. The molecule has 0 spiro atoms. The van der Waals surface area contributed by atoms with Gasteiger partial charge < -0.3 is 10.6 Å². The van der Waals surface area contributed by atoms with Crippen LogP contribution in [0.4, 0.5) is 0 Å². The lowest BCUT2D eigenvalue weighted by Crippen LogP contribution is -2.43. The van der Waals surface area contributed by atoms with Crippen molar-refractivity contribution in [2.75, 3.05) is 13.1 Å². The van der Waals surface area contributed by atoms with Crippen molar-refractivity contribution in [1.29, 1.82) is 0 Å². The van der Waals surface area contributed by atoms with E-state index in [2.05, 4.69) is 22.8 Å². The average Bonchev–Trinajstić information content (AvgIpc) is 2.77. The Balaban J connectivity index is 1.68. The number of hydrogen-bond donors (Lipinski definition) is 2. The summed E-state index contributed by atoms with van der Waals surface area (Å²) in [6.45, 7) is 2.39. The van der Waals surface area contributed by atoms with Crippen molar-refractivity contribution in [2.45, 2.75) is 38.1 Å². The molecule has 1 saturated heterocycles. The summed E-state index contributed by atoms with van der Waals surface area (Å²) in [6.07, 6.45) is 11.9. The lowest BCUT2D eigenvalue weighted by Gasteiger charge is -2.37. The zero-order chi connectivity index (χ0) is 11.2. The molecule has 2 heterocycles. The third-order valence-corrected chi connectivity index (χ3v) is 5.26. The predicted octanol–water partition coefficient (Wildman–Crippen LogP) is 2.20. The highest BCUT2D eigenvalue weighted by Gasteiger charge is 2.42. The highest BCUT2D eigenvalue weighted by Crippen LogP contribution is 2.46. The van der Waals surface area contributed by atoms with Crippen LogP contribution in [0.1, 0.15) is 32.1 Å². The molecule has 0 bridgehead atoms. The first-order chi connectivity index (χ1) is 8.43. The third-order valence-electron chi connectivity index (χ3n) is 5.26. The van der Waals surface area contributed by atoms with Gasteiger partial charge in [-0.2, -0.15) is 0 Å². The molecule has 0 aromatic rings. The van der Waals surface area contributed by atoms with Crippen LogP contribution in [-0.2, 0) is 0 Å². The quantitative estimate of drug-likeness (QED) is 0.666. The summed E-state index contributed by atoms with van der Waals surface area (Å²) in [5.41, 5.74) is 3.28. The Bertz CT molecular complexity index is 382. The maximum atomic E-state index is 3.78. The van der Waals surface area contributed by atoms with Crippen molar-refractivity contribution < 1.29 is 0 Å². The Kier molecular flexibility index (Phi) is 2.32. The Morgan fingerprint density at radius 2 is 2.00 bits per heavy atom. The smallest absolute Gasteiger partial charge is 0.0351 e. The molecule has 0 aromatic heterocycles. The topological polar surface area (TPSA) is 24.1 Å². The SMILES string of the molecule is C1=CC2CCCCC2C2=C1NC1CCNCC21. The second-order valence-electron chi connectivity index (χ2n) is 6.13. The molecule has 0 amide bonds. The number of fused-ring (bicyclic) bond motifs is 4. The molecule has 2 fully saturated rings. The van der Waals surface area contributed by atoms with Crippen LogP contribution >= 0.6 is 0 Å². The van der Waals surface area contributed by atoms with Gasteiger partial charge in [-0.1, -0.05) is 18.9 Å². The zero-order valence-corrected chi connectivity index (χ0v) is 10.4. The lowest BCUT2D eigenvalue weighted by molar-refractivity contribution is 0.277. The number of rotatable bonds is 0. The number of nitrogens with one attached hydrogen (secondary N) is 2. The molecule has 4 atom stereocenters. The highest BCUT2D eigenvalue weighted by atomic mass is 15.0. The fourth-order valence-electron chi connectivity index (χ4n) is 4.46. The monoisotopic (exact) mass is 230 g/mol. The van der Waals surface area contributed by atoms with E-state index in [1.807, 2.05) is 0 Å². The van der Waals surface area contributed by atoms with Crippen LogP contribution in [0.5, 0.6) is 0 Å². The summed E-state index contributed by atoms with van der Waals surface area (Å²) in [5.74, 6) is 2.51. The van der Waals surface area contributed by atoms with E-state index >= 15 is 0 Å². The first-order valence-electron chi connectivity index (χ1n) is 7.33. The van der Waals surface area contributed by atoms with Crippen molar-refractivity contribution in [2.24, 2.45) is 17.8 Å². The first-order valence-corrected chi connectivity index (χ1v) is 7.33. The zero-order valence-electron chi connectivity index (χ0n) is 10.4. The van der Waals surface area contributed by atoms with E-state index in [1.54, 1.807) is 5.57 Å². The molecule has 2 aliphatic carbocycles. The van der Waals surface area contributed by atoms with Gasteiger partial charge in [0.25, 0.3) is 0 Å². The summed E-state index contributed by atoms with van der Waals surface area (Å²) >= 11 is 0. The summed E-state index contributed by atoms with van der Waals surface area (Å²) < 4.78 is 0. The molecule has 4 aliphatic rings. The molecule has 92 valence electrons. The van der Waals surface area contributed by atoms with Crippen molar-refractivity contribution in [1.82, 2.24) is 10.6 Å². The van der Waals surface area contributed by atoms with E-state index in [-0.39, 0.29) is 0 Å². The molecule has 4 unspecified atom stereocenters. The van der Waals surface area contributed by atoms with Gasteiger partial charge in [-0.3, -0.25) is 0 Å². The van der Waals surface area contributed by atoms with E-state index < -0.39 is 0 Å². The minimum absolute atomic E-state index is 0.728. The van der Waals surface area contributed by atoms with Gasteiger partial charge in [-0.15, -0.1) is 0 Å². The molecule has 2 nitrogen and oxygen atoms in total. The van der Waals surface area contributed by atoms with Gasteiger partial charge >= 0.3 is 0 Å². The van der Waals surface area contributed by atoms with Crippen LogP contribution in [0.25, 0.3) is 0 Å². The lowest BCUT2D eigenvalue weighted by atomic mass is 9.68. The Morgan fingerprint density at radius 1 is 1.06 bits per heavy atom. The van der Waals surface area contributed by atoms with E-state index in [0.717, 1.165) is 23.8 Å². The van der Waals surface area contributed by atoms with Crippen LogP contribution in [0.2, 0.25) is 0 Å². The van der Waals surface area contributed by atoms with Crippen molar-refractivity contribution in [3.63, 3.8) is 0 Å². The number of allylic oxidation sites excluding steroid dienone is 2. The van der Waals surface area contributed by atoms with E-state index in [1.165, 1.54) is 50.9 Å². The Hall–Kier alpha value is -0.760. The van der Waals surface area contributed by atoms with Crippen molar-refractivity contribution in [3.8, 4) is 0 Å². The minimum Gasteiger partial charge on any atom is -0.382 e. The summed E-state index contributed by atoms with van der Waals surface area (Å²) in [5, 5.41) is 7.37. The van der Waals surface area contributed by atoms with Gasteiger partial charge in [0.15, 0.2) is 0 Å². The van der Waals surface area contributed by atoms with Gasteiger partial charge in [-0.05, 0) is 49.3 Å². The Labute approximate surface area is 104 Å². The van der Waals surface area contributed by atoms with Crippen LogP contribution in [0.15, 0.2) is 23.4 Å². The van der Waals surface area contributed by atoms with E-state index in [0.29, 0.717) is 0 Å². The van der Waals surface area contributed by atoms with Gasteiger partial charge in [0.1, 0.15) is 0 Å². The van der Waals surface area contributed by atoms with Crippen LogP contribution in [-0.4, -0.2) is 19.1 Å². The first kappa shape index (κ1) is 10.2. The van der Waals surface area contributed by atoms with Crippen LogP contribution in [0.3, 0.4) is 0 Å². The molecule has 0 radical (unpaired) electrons. The van der Waals surface area contributed by atoms with Gasteiger partial charge in [0, 0.05) is 24.2 Å². The standard InChI is InChI=1S/C15H22N2/c1-2-4-11-10(3-1)5-6-14-15(11)12-9-16-8-7-13(12)17-14/h5-6,10-13,16-17H,1-4,7-9H2. The largest absolute Gasteiger partial charge is 0.382 e. The summed E-state index contributed by atoms with van der Waals surface area (Å²) in [6, 6.07) is 0.728. The van der Waals surface area contributed by atoms with Crippen LogP contribution in [0, 0.1) is 17.8 Å².